The minimum Gasteiger partial charge on any atom is -0.394 e. The fourth-order valence-corrected chi connectivity index (χ4v) is 8.10. The van der Waals surface area contributed by atoms with Gasteiger partial charge in [0.25, 0.3) is 0 Å². The molecule has 1 amide bonds. The van der Waals surface area contributed by atoms with Gasteiger partial charge >= 0.3 is 0 Å². The highest BCUT2D eigenvalue weighted by molar-refractivity contribution is 5.73. The highest BCUT2D eigenvalue weighted by Gasteiger charge is 2.55. The number of hydrogen-bond acceptors (Lipinski definition) is 15. The Morgan fingerprint density at radius 2 is 1.03 bits per heavy atom. The Balaban J connectivity index is 1.25. The second-order valence-corrected chi connectivity index (χ2v) is 16.2. The first-order valence-electron chi connectivity index (χ1n) is 21.6. The molecule has 3 saturated heterocycles. The summed E-state index contributed by atoms with van der Waals surface area (Å²) in [6.07, 6.45) is -18.4. The molecule has 4 aromatic rings. The van der Waals surface area contributed by atoms with Gasteiger partial charge in [0.1, 0.15) is 67.1 Å². The zero-order chi connectivity index (χ0) is 45.0. The van der Waals surface area contributed by atoms with Gasteiger partial charge in [0, 0.05) is 6.92 Å². The molecule has 4 aromatic carbocycles. The van der Waals surface area contributed by atoms with Gasteiger partial charge in [-0.05, 0) is 29.2 Å². The van der Waals surface area contributed by atoms with Crippen LogP contribution in [0.1, 0.15) is 36.1 Å². The summed E-state index contributed by atoms with van der Waals surface area (Å²) in [4.78, 5) is 12.9. The van der Waals surface area contributed by atoms with Gasteiger partial charge in [0.2, 0.25) is 5.91 Å². The molecule has 15 atom stereocenters. The molecule has 346 valence electrons. The van der Waals surface area contributed by atoms with Crippen molar-refractivity contribution in [2.45, 2.75) is 132 Å². The summed E-state index contributed by atoms with van der Waals surface area (Å²) >= 11 is 0. The number of hydrogen-bond donors (Lipinski definition) is 6. The number of nitrogens with one attached hydrogen (secondary N) is 1. The molecule has 0 bridgehead atoms. The van der Waals surface area contributed by atoms with Crippen LogP contribution in [-0.4, -0.2) is 137 Å². The zero-order valence-corrected chi connectivity index (χ0v) is 35.8. The molecule has 7 rings (SSSR count). The Morgan fingerprint density at radius 3 is 1.55 bits per heavy atom. The molecule has 16 nitrogen and oxygen atoms in total. The number of carbonyl (C=O) groups excluding carboxylic acids is 1. The first kappa shape index (κ1) is 47.7. The molecule has 0 unspecified atom stereocenters. The van der Waals surface area contributed by atoms with Crippen LogP contribution in [0.5, 0.6) is 0 Å². The maximum absolute atomic E-state index is 12.9. The molecule has 3 aliphatic heterocycles. The van der Waals surface area contributed by atoms with Crippen molar-refractivity contribution >= 4 is 5.91 Å². The third-order valence-electron chi connectivity index (χ3n) is 11.4. The molecular weight excluding hydrogens is 831 g/mol. The molecule has 0 aromatic heterocycles. The van der Waals surface area contributed by atoms with E-state index in [9.17, 15) is 30.3 Å². The minimum atomic E-state index is -1.82. The average Bonchev–Trinajstić information content (AvgIpc) is 3.31. The van der Waals surface area contributed by atoms with Crippen molar-refractivity contribution < 1.29 is 73.0 Å². The monoisotopic (exact) mass is 889 g/mol. The van der Waals surface area contributed by atoms with E-state index in [-0.39, 0.29) is 33.0 Å². The maximum Gasteiger partial charge on any atom is 0.217 e. The Morgan fingerprint density at radius 1 is 0.547 bits per heavy atom. The van der Waals surface area contributed by atoms with E-state index in [2.05, 4.69) is 5.32 Å². The molecule has 0 saturated carbocycles. The van der Waals surface area contributed by atoms with Crippen LogP contribution < -0.4 is 5.32 Å². The second kappa shape index (κ2) is 23.3. The summed E-state index contributed by atoms with van der Waals surface area (Å²) in [5, 5.41) is 57.0. The van der Waals surface area contributed by atoms with Crippen molar-refractivity contribution in [3.8, 4) is 0 Å². The van der Waals surface area contributed by atoms with E-state index in [1.54, 1.807) is 0 Å². The van der Waals surface area contributed by atoms with Crippen LogP contribution >= 0.6 is 0 Å². The number of aliphatic hydroxyl groups excluding tert-OH is 5. The van der Waals surface area contributed by atoms with Gasteiger partial charge in [-0.2, -0.15) is 0 Å². The second-order valence-electron chi connectivity index (χ2n) is 16.2. The highest BCUT2D eigenvalue weighted by Crippen LogP contribution is 2.36. The van der Waals surface area contributed by atoms with Crippen molar-refractivity contribution in [2.24, 2.45) is 0 Å². The van der Waals surface area contributed by atoms with Crippen LogP contribution in [0.4, 0.5) is 0 Å². The smallest absolute Gasteiger partial charge is 0.217 e. The van der Waals surface area contributed by atoms with Crippen molar-refractivity contribution in [3.05, 3.63) is 144 Å². The molecule has 16 heteroatoms. The van der Waals surface area contributed by atoms with Gasteiger partial charge in [0.15, 0.2) is 18.9 Å². The summed E-state index contributed by atoms with van der Waals surface area (Å²) in [5.74, 6) is -0.542. The maximum atomic E-state index is 12.9. The van der Waals surface area contributed by atoms with Crippen LogP contribution in [-0.2, 0) is 73.9 Å². The number of rotatable bonds is 19. The van der Waals surface area contributed by atoms with E-state index < -0.39 is 105 Å². The van der Waals surface area contributed by atoms with Gasteiger partial charge in [-0.25, -0.2) is 0 Å². The standard InChI is InChI=1S/C48H59NO15/c1-29-41(57-25-32-17-9-4-10-18-32)44(58-26-33-19-11-5-12-20-33)45(59-27-34-21-13-6-14-22-34)48(60-29)64-43-37(49-30(2)51)46(55)61-36(28-56-24-31-15-7-3-8-16-31)42(43)63-47-40(54)39(53)38(52)35(23-50)62-47/h3-22,29,35-48,50,52-55H,23-28H2,1-2H3,(H,49,51)/t29-,35+,36+,37+,38-,39-,40+,41+,42+,43+,44+,45-,46-,47-,48+/m0/s1. The normalized spacial score (nSPS) is 33.1. The predicted octanol–water partition coefficient (Wildman–Crippen LogP) is 2.50. The summed E-state index contributed by atoms with van der Waals surface area (Å²) in [7, 11) is 0. The van der Waals surface area contributed by atoms with Gasteiger partial charge in [-0.3, -0.25) is 4.79 Å². The van der Waals surface area contributed by atoms with Crippen LogP contribution in [0.25, 0.3) is 0 Å². The lowest BCUT2D eigenvalue weighted by Crippen LogP contribution is -2.69. The lowest BCUT2D eigenvalue weighted by atomic mass is 9.94. The van der Waals surface area contributed by atoms with E-state index in [4.69, 9.17) is 42.6 Å². The molecule has 0 spiro atoms. The van der Waals surface area contributed by atoms with E-state index >= 15 is 0 Å². The molecule has 0 aliphatic carbocycles. The van der Waals surface area contributed by atoms with E-state index in [0.29, 0.717) is 0 Å². The fraction of sp³-hybridized carbons (Fsp3) is 0.479. The van der Waals surface area contributed by atoms with Crippen molar-refractivity contribution in [1.82, 2.24) is 5.32 Å². The molecule has 64 heavy (non-hydrogen) atoms. The fourth-order valence-electron chi connectivity index (χ4n) is 8.10. The van der Waals surface area contributed by atoms with Crippen molar-refractivity contribution in [2.75, 3.05) is 13.2 Å². The third-order valence-corrected chi connectivity index (χ3v) is 11.4. The molecular formula is C48H59NO15. The number of ether oxygens (including phenoxy) is 9. The van der Waals surface area contributed by atoms with Gasteiger partial charge in [-0.1, -0.05) is 121 Å². The van der Waals surface area contributed by atoms with Crippen molar-refractivity contribution in [1.29, 1.82) is 0 Å². The average molecular weight is 890 g/mol. The minimum absolute atomic E-state index is 0.103. The van der Waals surface area contributed by atoms with Gasteiger partial charge in [0.05, 0.1) is 45.7 Å². The van der Waals surface area contributed by atoms with E-state index in [1.807, 2.05) is 128 Å². The van der Waals surface area contributed by atoms with E-state index in [1.165, 1.54) is 6.92 Å². The van der Waals surface area contributed by atoms with Gasteiger partial charge in [-0.15, -0.1) is 0 Å². The van der Waals surface area contributed by atoms with Crippen molar-refractivity contribution in [3.63, 3.8) is 0 Å². The molecule has 3 heterocycles. The number of benzene rings is 4. The Labute approximate surface area is 372 Å². The first-order chi connectivity index (χ1) is 31.1. The summed E-state index contributed by atoms with van der Waals surface area (Å²) in [5.41, 5.74) is 3.52. The lowest BCUT2D eigenvalue weighted by molar-refractivity contribution is -0.377. The molecule has 6 N–H and O–H groups in total. The largest absolute Gasteiger partial charge is 0.394 e. The topological polar surface area (TPSA) is 213 Å². The van der Waals surface area contributed by atoms with Crippen LogP contribution in [0.2, 0.25) is 0 Å². The van der Waals surface area contributed by atoms with Gasteiger partial charge < -0.3 is 73.5 Å². The van der Waals surface area contributed by atoms with Crippen LogP contribution in [0.3, 0.4) is 0 Å². The number of amides is 1. The lowest BCUT2D eigenvalue weighted by Gasteiger charge is -2.50. The summed E-state index contributed by atoms with van der Waals surface area (Å²) in [6, 6.07) is 36.8. The highest BCUT2D eigenvalue weighted by atomic mass is 16.8. The third kappa shape index (κ3) is 12.4. The summed E-state index contributed by atoms with van der Waals surface area (Å²) in [6.45, 7) is 2.83. The Kier molecular flexibility index (Phi) is 17.4. The quantitative estimate of drug-likeness (QED) is 0.0799. The first-order valence-corrected chi connectivity index (χ1v) is 21.6. The molecule has 3 fully saturated rings. The number of carbonyl (C=O) groups is 1. The molecule has 3 aliphatic rings. The predicted molar refractivity (Wildman–Crippen MR) is 227 cm³/mol. The van der Waals surface area contributed by atoms with Crippen LogP contribution in [0, 0.1) is 0 Å². The number of aliphatic hydroxyl groups is 5. The summed E-state index contributed by atoms with van der Waals surface area (Å²) < 4.78 is 58.2. The zero-order valence-electron chi connectivity index (χ0n) is 35.8. The van der Waals surface area contributed by atoms with Crippen LogP contribution in [0.15, 0.2) is 121 Å². The SMILES string of the molecule is CC(=O)N[C@@H]1[C@@H](O[C@H]2O[C@@H](C)[C@@H](OCc3ccccc3)[C@@H](OCc3ccccc3)[C@@H]2OCc2ccccc2)[C@H](O[C@@H]2O[C@H](CO)[C@H](O)[C@H](O)[C@H]2O)[C@@H](COCc2ccccc2)O[C@@H]1O. The van der Waals surface area contributed by atoms with E-state index in [0.717, 1.165) is 22.3 Å². The Hall–Kier alpha value is -4.21. The Bertz CT molecular complexity index is 1970. The molecule has 0 radical (unpaired) electrons.